The predicted octanol–water partition coefficient (Wildman–Crippen LogP) is 2.10. The average molecular weight is 279 g/mol. The molecule has 1 aromatic rings. The molecule has 1 N–H and O–H groups in total. The fourth-order valence-corrected chi connectivity index (χ4v) is 2.73. The SMILES string of the molecule is CCNC(=O)CC1CCCCN1Cc1ccncc1F. The fourth-order valence-electron chi connectivity index (χ4n) is 2.73. The molecule has 110 valence electrons. The summed E-state index contributed by atoms with van der Waals surface area (Å²) in [6.45, 7) is 4.05. The molecule has 0 aromatic carbocycles. The minimum atomic E-state index is -0.269. The molecule has 0 saturated carbocycles. The summed E-state index contributed by atoms with van der Waals surface area (Å²) in [5.41, 5.74) is 0.655. The number of carbonyl (C=O) groups excluding carboxylic acids is 1. The zero-order valence-corrected chi connectivity index (χ0v) is 11.9. The van der Waals surface area contributed by atoms with Crippen LogP contribution in [0, 0.1) is 5.82 Å². The monoisotopic (exact) mass is 279 g/mol. The maximum Gasteiger partial charge on any atom is 0.221 e. The molecule has 1 unspecified atom stereocenters. The van der Waals surface area contributed by atoms with E-state index < -0.39 is 0 Å². The highest BCUT2D eigenvalue weighted by molar-refractivity contribution is 5.76. The van der Waals surface area contributed by atoms with Gasteiger partial charge in [0.15, 0.2) is 0 Å². The molecule has 1 aromatic heterocycles. The second-order valence-corrected chi connectivity index (χ2v) is 5.24. The number of hydrogen-bond acceptors (Lipinski definition) is 3. The third-order valence-corrected chi connectivity index (χ3v) is 3.77. The van der Waals surface area contributed by atoms with Crippen LogP contribution in [0.5, 0.6) is 0 Å². The van der Waals surface area contributed by atoms with Gasteiger partial charge in [-0.25, -0.2) is 4.39 Å². The van der Waals surface area contributed by atoms with Gasteiger partial charge < -0.3 is 5.32 Å². The Hall–Kier alpha value is -1.49. The van der Waals surface area contributed by atoms with Crippen molar-refractivity contribution in [3.8, 4) is 0 Å². The minimum Gasteiger partial charge on any atom is -0.356 e. The van der Waals surface area contributed by atoms with E-state index in [1.54, 1.807) is 12.3 Å². The van der Waals surface area contributed by atoms with Crippen LogP contribution in [0.25, 0.3) is 0 Å². The number of likely N-dealkylation sites (tertiary alicyclic amines) is 1. The Morgan fingerprint density at radius 3 is 3.15 bits per heavy atom. The summed E-state index contributed by atoms with van der Waals surface area (Å²) in [4.78, 5) is 17.7. The smallest absolute Gasteiger partial charge is 0.221 e. The van der Waals surface area contributed by atoms with E-state index >= 15 is 0 Å². The molecule has 20 heavy (non-hydrogen) atoms. The normalized spacial score (nSPS) is 19.8. The van der Waals surface area contributed by atoms with Gasteiger partial charge >= 0.3 is 0 Å². The van der Waals surface area contributed by atoms with Crippen molar-refractivity contribution in [2.75, 3.05) is 13.1 Å². The van der Waals surface area contributed by atoms with Crippen molar-refractivity contribution in [3.05, 3.63) is 29.8 Å². The van der Waals surface area contributed by atoms with Gasteiger partial charge in [-0.1, -0.05) is 6.42 Å². The summed E-state index contributed by atoms with van der Waals surface area (Å²) in [5.74, 6) is -0.186. The van der Waals surface area contributed by atoms with E-state index in [0.717, 1.165) is 25.8 Å². The lowest BCUT2D eigenvalue weighted by Gasteiger charge is -2.35. The van der Waals surface area contributed by atoms with Crippen LogP contribution in [0.15, 0.2) is 18.5 Å². The molecule has 1 atom stereocenters. The minimum absolute atomic E-state index is 0.0830. The Bertz CT molecular complexity index is 452. The van der Waals surface area contributed by atoms with Crippen molar-refractivity contribution in [2.45, 2.75) is 45.2 Å². The molecule has 2 rings (SSSR count). The topological polar surface area (TPSA) is 45.2 Å². The number of halogens is 1. The largest absolute Gasteiger partial charge is 0.356 e. The second-order valence-electron chi connectivity index (χ2n) is 5.24. The third-order valence-electron chi connectivity index (χ3n) is 3.77. The highest BCUT2D eigenvalue weighted by atomic mass is 19.1. The van der Waals surface area contributed by atoms with Crippen molar-refractivity contribution in [3.63, 3.8) is 0 Å². The lowest BCUT2D eigenvalue weighted by atomic mass is 9.98. The Kier molecular flexibility index (Phi) is 5.47. The number of carbonyl (C=O) groups is 1. The average Bonchev–Trinajstić information content (AvgIpc) is 2.44. The van der Waals surface area contributed by atoms with E-state index in [1.807, 2.05) is 6.92 Å². The Balaban J connectivity index is 2.00. The van der Waals surface area contributed by atoms with Gasteiger partial charge in [-0.2, -0.15) is 0 Å². The van der Waals surface area contributed by atoms with E-state index in [9.17, 15) is 9.18 Å². The van der Waals surface area contributed by atoms with Gasteiger partial charge in [-0.3, -0.25) is 14.7 Å². The molecular weight excluding hydrogens is 257 g/mol. The third kappa shape index (κ3) is 4.00. The number of nitrogens with one attached hydrogen (secondary N) is 1. The van der Waals surface area contributed by atoms with Crippen LogP contribution in [-0.4, -0.2) is 34.9 Å². The molecule has 0 spiro atoms. The predicted molar refractivity (Wildman–Crippen MR) is 75.5 cm³/mol. The Labute approximate surface area is 119 Å². The lowest BCUT2D eigenvalue weighted by molar-refractivity contribution is -0.122. The van der Waals surface area contributed by atoms with E-state index in [-0.39, 0.29) is 17.8 Å². The molecular formula is C15H22FN3O. The molecule has 1 amide bonds. The van der Waals surface area contributed by atoms with Crippen LogP contribution in [0.1, 0.15) is 38.2 Å². The number of amides is 1. The summed E-state index contributed by atoms with van der Waals surface area (Å²) < 4.78 is 13.7. The molecule has 5 heteroatoms. The summed E-state index contributed by atoms with van der Waals surface area (Å²) in [5, 5.41) is 2.84. The molecule has 1 fully saturated rings. The first-order valence-corrected chi connectivity index (χ1v) is 7.30. The Morgan fingerprint density at radius 2 is 2.40 bits per heavy atom. The van der Waals surface area contributed by atoms with Crippen molar-refractivity contribution in [1.82, 2.24) is 15.2 Å². The number of aromatic nitrogens is 1. The highest BCUT2D eigenvalue weighted by Gasteiger charge is 2.25. The van der Waals surface area contributed by atoms with Gasteiger partial charge in [0.05, 0.1) is 6.20 Å². The van der Waals surface area contributed by atoms with E-state index in [0.29, 0.717) is 25.1 Å². The van der Waals surface area contributed by atoms with Crippen LogP contribution >= 0.6 is 0 Å². The van der Waals surface area contributed by atoms with Crippen LogP contribution in [0.4, 0.5) is 4.39 Å². The van der Waals surface area contributed by atoms with Gasteiger partial charge in [0, 0.05) is 37.3 Å². The molecule has 4 nitrogen and oxygen atoms in total. The first kappa shape index (κ1) is 14.9. The quantitative estimate of drug-likeness (QED) is 0.898. The lowest BCUT2D eigenvalue weighted by Crippen LogP contribution is -2.42. The van der Waals surface area contributed by atoms with Crippen molar-refractivity contribution < 1.29 is 9.18 Å². The van der Waals surface area contributed by atoms with Gasteiger partial charge in [-0.15, -0.1) is 0 Å². The van der Waals surface area contributed by atoms with Gasteiger partial charge in [0.1, 0.15) is 5.82 Å². The summed E-state index contributed by atoms with van der Waals surface area (Å²) in [6.07, 6.45) is 6.61. The molecule has 1 aliphatic heterocycles. The van der Waals surface area contributed by atoms with E-state index in [1.165, 1.54) is 6.20 Å². The zero-order valence-electron chi connectivity index (χ0n) is 11.9. The molecule has 0 radical (unpaired) electrons. The molecule has 0 bridgehead atoms. The van der Waals surface area contributed by atoms with Crippen LogP contribution in [0.2, 0.25) is 0 Å². The first-order valence-electron chi connectivity index (χ1n) is 7.30. The number of pyridine rings is 1. The second kappa shape index (κ2) is 7.33. The van der Waals surface area contributed by atoms with Gasteiger partial charge in [0.2, 0.25) is 5.91 Å². The van der Waals surface area contributed by atoms with E-state index in [2.05, 4.69) is 15.2 Å². The van der Waals surface area contributed by atoms with Crippen molar-refractivity contribution in [1.29, 1.82) is 0 Å². The van der Waals surface area contributed by atoms with Crippen molar-refractivity contribution >= 4 is 5.91 Å². The summed E-state index contributed by atoms with van der Waals surface area (Å²) in [7, 11) is 0. The number of rotatable bonds is 5. The van der Waals surface area contributed by atoms with Crippen LogP contribution in [0.3, 0.4) is 0 Å². The van der Waals surface area contributed by atoms with Crippen LogP contribution < -0.4 is 5.32 Å². The zero-order chi connectivity index (χ0) is 14.4. The first-order chi connectivity index (χ1) is 9.70. The molecule has 2 heterocycles. The van der Waals surface area contributed by atoms with Crippen LogP contribution in [-0.2, 0) is 11.3 Å². The molecule has 1 saturated heterocycles. The summed E-state index contributed by atoms with van der Waals surface area (Å²) >= 11 is 0. The molecule has 1 aliphatic rings. The molecule has 0 aliphatic carbocycles. The number of hydrogen-bond donors (Lipinski definition) is 1. The number of piperidine rings is 1. The Morgan fingerprint density at radius 1 is 1.55 bits per heavy atom. The van der Waals surface area contributed by atoms with Gasteiger partial charge in [-0.05, 0) is 32.4 Å². The standard InChI is InChI=1S/C15H22FN3O/c1-2-18-15(20)9-13-5-3-4-8-19(13)11-12-6-7-17-10-14(12)16/h6-7,10,13H,2-5,8-9,11H2,1H3,(H,18,20). The number of nitrogens with zero attached hydrogens (tertiary/aromatic N) is 2. The maximum absolute atomic E-state index is 13.7. The summed E-state index contributed by atoms with van der Waals surface area (Å²) in [6, 6.07) is 1.93. The maximum atomic E-state index is 13.7. The fraction of sp³-hybridized carbons (Fsp3) is 0.600. The van der Waals surface area contributed by atoms with Gasteiger partial charge in [0.25, 0.3) is 0 Å². The van der Waals surface area contributed by atoms with E-state index in [4.69, 9.17) is 0 Å². The highest BCUT2D eigenvalue weighted by Crippen LogP contribution is 2.22. The van der Waals surface area contributed by atoms with Crippen molar-refractivity contribution in [2.24, 2.45) is 0 Å².